The molecule has 1 aliphatic rings. The summed E-state index contributed by atoms with van der Waals surface area (Å²) in [5, 5.41) is 15.6. The minimum absolute atomic E-state index is 0.00825. The summed E-state index contributed by atoms with van der Waals surface area (Å²) in [6, 6.07) is 22.5. The van der Waals surface area contributed by atoms with Crippen LogP contribution in [0.3, 0.4) is 0 Å². The van der Waals surface area contributed by atoms with Gasteiger partial charge in [-0.1, -0.05) is 37.3 Å². The van der Waals surface area contributed by atoms with Gasteiger partial charge in [-0.15, -0.1) is 0 Å². The molecule has 0 aromatic heterocycles. The molecule has 0 spiro atoms. The van der Waals surface area contributed by atoms with Crippen molar-refractivity contribution in [2.45, 2.75) is 58.8 Å². The number of nitrogens with one attached hydrogen (secondary N) is 2. The van der Waals surface area contributed by atoms with E-state index < -0.39 is 0 Å². The lowest BCUT2D eigenvalue weighted by Gasteiger charge is -2.34. The van der Waals surface area contributed by atoms with Crippen molar-refractivity contribution in [1.82, 2.24) is 15.1 Å². The second kappa shape index (κ2) is 14.9. The average molecular weight is 589 g/mol. The Morgan fingerprint density at radius 3 is 2.44 bits per heavy atom. The van der Waals surface area contributed by atoms with Crippen molar-refractivity contribution in [2.24, 2.45) is 5.92 Å². The van der Waals surface area contributed by atoms with Crippen LogP contribution in [0, 0.1) is 5.92 Å². The zero-order valence-corrected chi connectivity index (χ0v) is 25.7. The van der Waals surface area contributed by atoms with Gasteiger partial charge in [0.05, 0.1) is 19.1 Å². The highest BCUT2D eigenvalue weighted by atomic mass is 16.5. The number of urea groups is 1. The molecule has 0 saturated heterocycles. The van der Waals surface area contributed by atoms with E-state index in [-0.39, 0.29) is 49.1 Å². The van der Waals surface area contributed by atoms with E-state index in [1.807, 2.05) is 69.3 Å². The fourth-order valence-corrected chi connectivity index (χ4v) is 5.13. The van der Waals surface area contributed by atoms with E-state index in [0.717, 1.165) is 17.1 Å². The molecule has 1 heterocycles. The summed E-state index contributed by atoms with van der Waals surface area (Å²) in [6.07, 6.45) is -0.125. The van der Waals surface area contributed by atoms with Gasteiger partial charge < -0.3 is 30.1 Å². The van der Waals surface area contributed by atoms with E-state index in [4.69, 9.17) is 9.47 Å². The summed E-state index contributed by atoms with van der Waals surface area (Å²) in [5.74, 6) is 2.09. The van der Waals surface area contributed by atoms with Crippen LogP contribution in [0.25, 0.3) is 0 Å². The molecule has 0 bridgehead atoms. The van der Waals surface area contributed by atoms with Gasteiger partial charge in [-0.3, -0.25) is 9.69 Å². The summed E-state index contributed by atoms with van der Waals surface area (Å²) in [6.45, 7) is 9.37. The first-order chi connectivity index (χ1) is 20.6. The third-order valence-corrected chi connectivity index (χ3v) is 7.44. The Labute approximate surface area is 254 Å². The number of anilines is 1. The van der Waals surface area contributed by atoms with Crippen molar-refractivity contribution in [1.29, 1.82) is 0 Å². The highest BCUT2D eigenvalue weighted by Gasteiger charge is 2.31. The molecule has 0 saturated carbocycles. The van der Waals surface area contributed by atoms with Crippen LogP contribution in [0.15, 0.2) is 72.8 Å². The minimum Gasteiger partial charge on any atom is -0.488 e. The van der Waals surface area contributed by atoms with Gasteiger partial charge in [0.1, 0.15) is 23.4 Å². The standard InChI is InChI=1S/C34H44N4O5/c1-23(2)35-34(41)36-28-13-16-31-27(17-28)18-33(40)38(25(4)22-39)19-24(3)32(43-31)21-37(5)20-26-11-14-30(15-12-26)42-29-9-7-6-8-10-29/h6-17,23-25,32,39H,18-22H2,1-5H3,(H2,35,36,41)/t24-,25-,32+/m0/s1. The number of aliphatic hydroxyl groups excluding tert-OH is 1. The number of aliphatic hydroxyl groups is 1. The molecule has 0 fully saturated rings. The predicted octanol–water partition coefficient (Wildman–Crippen LogP) is 5.29. The molecule has 3 amide bonds. The van der Waals surface area contributed by atoms with Gasteiger partial charge in [-0.05, 0) is 75.8 Å². The van der Waals surface area contributed by atoms with Gasteiger partial charge in [-0.2, -0.15) is 0 Å². The van der Waals surface area contributed by atoms with Crippen LogP contribution < -0.4 is 20.1 Å². The van der Waals surface area contributed by atoms with E-state index in [1.54, 1.807) is 17.0 Å². The number of amides is 3. The number of hydrogen-bond donors (Lipinski definition) is 3. The average Bonchev–Trinajstić information content (AvgIpc) is 3.01. The molecule has 0 unspecified atom stereocenters. The SMILES string of the molecule is CC(C)NC(=O)Nc1ccc2c(c1)CC(=O)N([C@@H](C)CO)C[C@H](C)[C@@H](CN(C)Cc1ccc(Oc3ccccc3)cc1)O2. The molecule has 9 nitrogen and oxygen atoms in total. The number of fused-ring (bicyclic) bond motifs is 1. The minimum atomic E-state index is -0.329. The van der Waals surface area contributed by atoms with Gasteiger partial charge in [0.2, 0.25) is 5.91 Å². The Bertz CT molecular complexity index is 1350. The van der Waals surface area contributed by atoms with Crippen LogP contribution >= 0.6 is 0 Å². The molecule has 3 atom stereocenters. The number of para-hydroxylation sites is 1. The van der Waals surface area contributed by atoms with Crippen LogP contribution in [-0.2, 0) is 17.8 Å². The maximum absolute atomic E-state index is 13.5. The number of carbonyl (C=O) groups is 2. The Hall–Kier alpha value is -4.08. The molecule has 9 heteroatoms. The van der Waals surface area contributed by atoms with E-state index in [1.165, 1.54) is 0 Å². The first kappa shape index (κ1) is 31.8. The Kier molecular flexibility index (Phi) is 11.0. The van der Waals surface area contributed by atoms with Crippen molar-refractivity contribution in [3.63, 3.8) is 0 Å². The molecular weight excluding hydrogens is 544 g/mol. The number of rotatable bonds is 10. The maximum Gasteiger partial charge on any atom is 0.319 e. The number of hydrogen-bond acceptors (Lipinski definition) is 6. The molecule has 230 valence electrons. The van der Waals surface area contributed by atoms with Gasteiger partial charge in [-0.25, -0.2) is 4.79 Å². The summed E-state index contributed by atoms with van der Waals surface area (Å²) in [4.78, 5) is 29.7. The second-order valence-electron chi connectivity index (χ2n) is 11.7. The van der Waals surface area contributed by atoms with Crippen LogP contribution in [-0.4, -0.2) is 71.8 Å². The van der Waals surface area contributed by atoms with E-state index in [2.05, 4.69) is 41.6 Å². The molecule has 3 N–H and O–H groups in total. The van der Waals surface area contributed by atoms with E-state index in [9.17, 15) is 14.7 Å². The van der Waals surface area contributed by atoms with Crippen molar-refractivity contribution in [3.05, 3.63) is 83.9 Å². The van der Waals surface area contributed by atoms with Gasteiger partial charge in [0.15, 0.2) is 0 Å². The number of likely N-dealkylation sites (N-methyl/N-ethyl adjacent to an activating group) is 1. The zero-order valence-electron chi connectivity index (χ0n) is 25.7. The highest BCUT2D eigenvalue weighted by Crippen LogP contribution is 2.29. The van der Waals surface area contributed by atoms with Crippen molar-refractivity contribution in [2.75, 3.05) is 32.1 Å². The summed E-state index contributed by atoms with van der Waals surface area (Å²) in [7, 11) is 2.05. The summed E-state index contributed by atoms with van der Waals surface area (Å²) >= 11 is 0. The fraction of sp³-hybridized carbons (Fsp3) is 0.412. The van der Waals surface area contributed by atoms with Crippen molar-refractivity contribution in [3.8, 4) is 17.2 Å². The first-order valence-electron chi connectivity index (χ1n) is 14.9. The molecule has 4 rings (SSSR count). The number of benzene rings is 3. The lowest BCUT2D eigenvalue weighted by molar-refractivity contribution is -0.134. The quantitative estimate of drug-likeness (QED) is 0.298. The Morgan fingerprint density at radius 2 is 1.77 bits per heavy atom. The summed E-state index contributed by atoms with van der Waals surface area (Å²) < 4.78 is 12.6. The lowest BCUT2D eigenvalue weighted by atomic mass is 10.0. The van der Waals surface area contributed by atoms with Crippen LogP contribution in [0.2, 0.25) is 0 Å². The maximum atomic E-state index is 13.5. The fourth-order valence-electron chi connectivity index (χ4n) is 5.13. The monoisotopic (exact) mass is 588 g/mol. The highest BCUT2D eigenvalue weighted by molar-refractivity contribution is 5.90. The van der Waals surface area contributed by atoms with Gasteiger partial charge in [0.25, 0.3) is 0 Å². The lowest BCUT2D eigenvalue weighted by Crippen LogP contribution is -2.47. The van der Waals surface area contributed by atoms with Crippen LogP contribution in [0.1, 0.15) is 38.8 Å². The zero-order chi connectivity index (χ0) is 30.9. The third-order valence-electron chi connectivity index (χ3n) is 7.44. The molecule has 1 aliphatic heterocycles. The number of ether oxygens (including phenoxy) is 2. The molecule has 3 aromatic carbocycles. The van der Waals surface area contributed by atoms with Crippen LogP contribution in [0.5, 0.6) is 17.2 Å². The van der Waals surface area contributed by atoms with E-state index in [0.29, 0.717) is 36.6 Å². The first-order valence-corrected chi connectivity index (χ1v) is 14.9. The van der Waals surface area contributed by atoms with Gasteiger partial charge in [0, 0.05) is 42.8 Å². The molecule has 0 aliphatic carbocycles. The van der Waals surface area contributed by atoms with Crippen molar-refractivity contribution < 1.29 is 24.2 Å². The topological polar surface area (TPSA) is 103 Å². The third kappa shape index (κ3) is 9.20. The van der Waals surface area contributed by atoms with Gasteiger partial charge >= 0.3 is 6.03 Å². The number of nitrogens with zero attached hydrogens (tertiary/aromatic N) is 2. The Morgan fingerprint density at radius 1 is 1.07 bits per heavy atom. The van der Waals surface area contributed by atoms with Crippen molar-refractivity contribution >= 4 is 17.6 Å². The largest absolute Gasteiger partial charge is 0.488 e. The molecule has 0 radical (unpaired) electrons. The second-order valence-corrected chi connectivity index (χ2v) is 11.7. The normalized spacial score (nSPS) is 17.8. The predicted molar refractivity (Wildman–Crippen MR) is 169 cm³/mol. The molecule has 3 aromatic rings. The molecular formula is C34H44N4O5. The number of carbonyl (C=O) groups excluding carboxylic acids is 2. The Balaban J connectivity index is 1.50. The smallest absolute Gasteiger partial charge is 0.319 e. The van der Waals surface area contributed by atoms with Crippen LogP contribution in [0.4, 0.5) is 10.5 Å². The molecule has 43 heavy (non-hydrogen) atoms. The summed E-state index contributed by atoms with van der Waals surface area (Å²) in [5.41, 5.74) is 2.41. The van der Waals surface area contributed by atoms with E-state index >= 15 is 0 Å².